The Morgan fingerprint density at radius 2 is 1.94 bits per heavy atom. The van der Waals surface area contributed by atoms with Crippen LogP contribution >= 0.6 is 11.3 Å². The molecule has 0 saturated carbocycles. The van der Waals surface area contributed by atoms with Crippen molar-refractivity contribution in [3.63, 3.8) is 0 Å². The smallest absolute Gasteiger partial charge is 0.174 e. The number of methoxy groups -OCH3 is 1. The van der Waals surface area contributed by atoms with E-state index in [-0.39, 0.29) is 6.04 Å². The molecule has 160 valence electrons. The zero-order valence-electron chi connectivity index (χ0n) is 17.5. The minimum atomic E-state index is -0.168. The maximum atomic E-state index is 5.26. The van der Waals surface area contributed by atoms with Crippen molar-refractivity contribution in [1.29, 1.82) is 0 Å². The number of nitrogens with zero attached hydrogens (tertiary/aromatic N) is 6. The van der Waals surface area contributed by atoms with E-state index >= 15 is 0 Å². The number of aromatic nitrogens is 5. The number of hydrogen-bond donors (Lipinski definition) is 0. The van der Waals surface area contributed by atoms with E-state index in [1.165, 1.54) is 10.4 Å². The lowest BCUT2D eigenvalue weighted by Gasteiger charge is -2.30. The Bertz CT molecular complexity index is 1020. The highest BCUT2D eigenvalue weighted by atomic mass is 32.1. The summed E-state index contributed by atoms with van der Waals surface area (Å²) in [6.07, 6.45) is 2.75. The summed E-state index contributed by atoms with van der Waals surface area (Å²) in [5.74, 6) is 0.778. The topological polar surface area (TPSA) is 69.0 Å². The highest BCUT2D eigenvalue weighted by molar-refractivity contribution is 7.09. The van der Waals surface area contributed by atoms with Gasteiger partial charge in [-0.1, -0.05) is 42.5 Å². The van der Waals surface area contributed by atoms with Crippen molar-refractivity contribution < 1.29 is 4.74 Å². The summed E-state index contributed by atoms with van der Waals surface area (Å²) in [7, 11) is 1.68. The largest absolute Gasteiger partial charge is 0.383 e. The van der Waals surface area contributed by atoms with Gasteiger partial charge in [0.2, 0.25) is 0 Å². The first-order chi connectivity index (χ1) is 15.3. The zero-order valence-corrected chi connectivity index (χ0v) is 18.4. The van der Waals surface area contributed by atoms with Crippen LogP contribution in [0.2, 0.25) is 0 Å². The lowest BCUT2D eigenvalue weighted by molar-refractivity contribution is 0.172. The van der Waals surface area contributed by atoms with Gasteiger partial charge in [0, 0.05) is 31.3 Å². The molecule has 0 radical (unpaired) electrons. The zero-order chi connectivity index (χ0) is 21.3. The van der Waals surface area contributed by atoms with Crippen molar-refractivity contribution in [1.82, 2.24) is 30.1 Å². The van der Waals surface area contributed by atoms with Crippen molar-refractivity contribution in [2.24, 2.45) is 0 Å². The van der Waals surface area contributed by atoms with Gasteiger partial charge in [-0.15, -0.1) is 16.4 Å². The quantitative estimate of drug-likeness (QED) is 0.359. The minimum Gasteiger partial charge on any atom is -0.383 e. The molecule has 0 spiro atoms. The molecule has 1 atom stereocenters. The van der Waals surface area contributed by atoms with Gasteiger partial charge in [-0.2, -0.15) is 0 Å². The summed E-state index contributed by atoms with van der Waals surface area (Å²) < 4.78 is 7.09. The predicted molar refractivity (Wildman–Crippen MR) is 121 cm³/mol. The molecule has 3 aromatic heterocycles. The van der Waals surface area contributed by atoms with Crippen LogP contribution in [0.25, 0.3) is 0 Å². The number of rotatable bonds is 11. The number of tetrazole rings is 1. The highest BCUT2D eigenvalue weighted by Crippen LogP contribution is 2.28. The van der Waals surface area contributed by atoms with Crippen LogP contribution in [0.1, 0.15) is 28.0 Å². The van der Waals surface area contributed by atoms with Crippen LogP contribution in [0.3, 0.4) is 0 Å². The third-order valence-electron chi connectivity index (χ3n) is 5.11. The summed E-state index contributed by atoms with van der Waals surface area (Å²) >= 11 is 1.76. The molecule has 3 heterocycles. The van der Waals surface area contributed by atoms with E-state index in [0.29, 0.717) is 13.2 Å². The molecule has 0 fully saturated rings. The molecule has 8 heteroatoms. The average Bonchev–Trinajstić information content (AvgIpc) is 3.50. The van der Waals surface area contributed by atoms with Gasteiger partial charge in [0.05, 0.1) is 18.8 Å². The first-order valence-electron chi connectivity index (χ1n) is 10.3. The van der Waals surface area contributed by atoms with E-state index in [9.17, 15) is 0 Å². The molecule has 0 saturated heterocycles. The number of benzene rings is 1. The Hall–Kier alpha value is -2.94. The van der Waals surface area contributed by atoms with Crippen LogP contribution in [0.5, 0.6) is 0 Å². The molecule has 0 aliphatic rings. The van der Waals surface area contributed by atoms with Crippen LogP contribution in [0, 0.1) is 0 Å². The van der Waals surface area contributed by atoms with Crippen LogP contribution in [0.4, 0.5) is 0 Å². The summed E-state index contributed by atoms with van der Waals surface area (Å²) in [6, 6.07) is 20.6. The Morgan fingerprint density at radius 1 is 1.06 bits per heavy atom. The third-order valence-corrected chi connectivity index (χ3v) is 5.98. The van der Waals surface area contributed by atoms with Crippen molar-refractivity contribution >= 4 is 11.3 Å². The molecule has 4 rings (SSSR count). The molecule has 4 aromatic rings. The van der Waals surface area contributed by atoms with Gasteiger partial charge in [-0.05, 0) is 46.0 Å². The molecule has 0 bridgehead atoms. The van der Waals surface area contributed by atoms with Gasteiger partial charge in [0.15, 0.2) is 5.82 Å². The first kappa shape index (κ1) is 21.3. The number of ether oxygens (including phenoxy) is 1. The van der Waals surface area contributed by atoms with E-state index in [0.717, 1.165) is 31.0 Å². The predicted octanol–water partition coefficient (Wildman–Crippen LogP) is 3.61. The van der Waals surface area contributed by atoms with E-state index in [4.69, 9.17) is 4.74 Å². The number of pyridine rings is 1. The van der Waals surface area contributed by atoms with E-state index < -0.39 is 0 Å². The summed E-state index contributed by atoms with van der Waals surface area (Å²) in [4.78, 5) is 8.39. The van der Waals surface area contributed by atoms with Gasteiger partial charge in [0.1, 0.15) is 6.04 Å². The lowest BCUT2D eigenvalue weighted by Crippen LogP contribution is -2.34. The van der Waals surface area contributed by atoms with Crippen molar-refractivity contribution in [3.8, 4) is 0 Å². The molecule has 0 aliphatic heterocycles. The van der Waals surface area contributed by atoms with E-state index in [1.807, 2.05) is 35.1 Å². The summed E-state index contributed by atoms with van der Waals surface area (Å²) in [5, 5.41) is 14.7. The molecule has 1 unspecified atom stereocenters. The van der Waals surface area contributed by atoms with Crippen LogP contribution in [0.15, 0.2) is 72.2 Å². The molecular weight excluding hydrogens is 408 g/mol. The molecule has 0 N–H and O–H groups in total. The minimum absolute atomic E-state index is 0.168. The standard InChI is InChI=1S/C23H26N6OS/c1-30-16-15-29-23(25-26-27-29)22(21-11-5-6-13-24-21)28(18-20-10-7-17-31-20)14-12-19-8-3-2-4-9-19/h2-11,13,17,22H,12,14-16,18H2,1H3. The summed E-state index contributed by atoms with van der Waals surface area (Å²) in [5.41, 5.74) is 2.23. The molecule has 1 aromatic carbocycles. The fourth-order valence-corrected chi connectivity index (χ4v) is 4.31. The monoisotopic (exact) mass is 434 g/mol. The molecule has 31 heavy (non-hydrogen) atoms. The fourth-order valence-electron chi connectivity index (χ4n) is 3.58. The van der Waals surface area contributed by atoms with Gasteiger partial charge >= 0.3 is 0 Å². The molecule has 7 nitrogen and oxygen atoms in total. The summed E-state index contributed by atoms with van der Waals surface area (Å²) in [6.45, 7) is 2.78. The third kappa shape index (κ3) is 5.61. The van der Waals surface area contributed by atoms with Gasteiger partial charge in [0.25, 0.3) is 0 Å². The van der Waals surface area contributed by atoms with Crippen LogP contribution < -0.4 is 0 Å². The second-order valence-corrected chi connectivity index (χ2v) is 8.23. The van der Waals surface area contributed by atoms with Crippen LogP contribution in [-0.2, 0) is 24.2 Å². The van der Waals surface area contributed by atoms with E-state index in [1.54, 1.807) is 18.4 Å². The lowest BCUT2D eigenvalue weighted by atomic mass is 10.1. The Kier molecular flexibility index (Phi) is 7.49. The Labute approximate surface area is 186 Å². The van der Waals surface area contributed by atoms with E-state index in [2.05, 4.69) is 67.2 Å². The second kappa shape index (κ2) is 10.9. The maximum Gasteiger partial charge on any atom is 0.174 e. The highest BCUT2D eigenvalue weighted by Gasteiger charge is 2.29. The first-order valence-corrected chi connectivity index (χ1v) is 11.2. The average molecular weight is 435 g/mol. The number of hydrogen-bond acceptors (Lipinski definition) is 7. The number of thiophene rings is 1. The SMILES string of the molecule is COCCn1nnnc1C(c1ccccn1)N(CCc1ccccc1)Cc1cccs1. The molecule has 0 aliphatic carbocycles. The van der Waals surface area contributed by atoms with Crippen molar-refractivity contribution in [2.45, 2.75) is 25.6 Å². The Morgan fingerprint density at radius 3 is 2.68 bits per heavy atom. The van der Waals surface area contributed by atoms with Crippen molar-refractivity contribution in [3.05, 3.63) is 94.2 Å². The second-order valence-electron chi connectivity index (χ2n) is 7.20. The Balaban J connectivity index is 1.69. The van der Waals surface area contributed by atoms with Gasteiger partial charge in [-0.25, -0.2) is 4.68 Å². The van der Waals surface area contributed by atoms with Gasteiger partial charge < -0.3 is 4.74 Å². The van der Waals surface area contributed by atoms with Gasteiger partial charge in [-0.3, -0.25) is 9.88 Å². The normalized spacial score (nSPS) is 12.3. The molecule has 0 amide bonds. The maximum absolute atomic E-state index is 5.26. The van der Waals surface area contributed by atoms with Crippen LogP contribution in [-0.4, -0.2) is 50.4 Å². The molecular formula is C23H26N6OS. The fraction of sp³-hybridized carbons (Fsp3) is 0.304. The van der Waals surface area contributed by atoms with Crippen molar-refractivity contribution in [2.75, 3.05) is 20.3 Å².